The molecule has 328 valence electrons. The molecule has 0 aliphatic heterocycles. The molecule has 0 aromatic heterocycles. The fourth-order valence-corrected chi connectivity index (χ4v) is 11.7. The third-order valence-corrected chi connectivity index (χ3v) is 15.6. The van der Waals surface area contributed by atoms with E-state index in [0.717, 1.165) is 48.5 Å². The monoisotopic (exact) mass is 898 g/mol. The summed E-state index contributed by atoms with van der Waals surface area (Å²) in [5.41, 5.74) is -7.48. The molecule has 0 unspecified atom stereocenters. The molecule has 0 amide bonds. The van der Waals surface area contributed by atoms with Crippen LogP contribution in [0.15, 0.2) is 90.0 Å². The molecule has 0 spiro atoms. The molecule has 0 aliphatic rings. The maximum atomic E-state index is 15.3. The molecule has 4 rings (SSSR count). The third-order valence-electron chi connectivity index (χ3n) is 10.2. The number of benzene rings is 4. The Hall–Kier alpha value is -5.39. The van der Waals surface area contributed by atoms with Gasteiger partial charge in [-0.25, -0.2) is 44.4 Å². The van der Waals surface area contributed by atoms with Crippen molar-refractivity contribution in [3.8, 4) is 0 Å². The molecule has 14 nitrogen and oxygen atoms in total. The van der Waals surface area contributed by atoms with Crippen molar-refractivity contribution < 1.29 is 64.9 Å². The summed E-state index contributed by atoms with van der Waals surface area (Å²) in [4.78, 5) is 45.3. The van der Waals surface area contributed by atoms with Crippen molar-refractivity contribution in [1.29, 1.82) is 0 Å². The van der Waals surface area contributed by atoms with Crippen LogP contribution < -0.4 is 0 Å². The Kier molecular flexibility index (Phi) is 12.3. The largest absolute Gasteiger partial charge is 0.478 e. The summed E-state index contributed by atoms with van der Waals surface area (Å²) in [6, 6.07) is 10.5. The zero-order valence-corrected chi connectivity index (χ0v) is 38.3. The number of aromatic carboxylic acids is 4. The first kappa shape index (κ1) is 48.3. The van der Waals surface area contributed by atoms with E-state index in [1.165, 1.54) is 12.1 Å². The molecule has 0 aliphatic carbocycles. The first-order chi connectivity index (χ1) is 27.4. The van der Waals surface area contributed by atoms with Crippen molar-refractivity contribution in [2.75, 3.05) is 0 Å². The second kappa shape index (κ2) is 15.5. The van der Waals surface area contributed by atoms with Crippen molar-refractivity contribution >= 4 is 53.4 Å². The fraction of sp³-hybridized carbons (Fsp3) is 0.364. The average Bonchev–Trinajstić information content (AvgIpc) is 3.11. The van der Waals surface area contributed by atoms with Gasteiger partial charge in [0.1, 0.15) is 0 Å². The standard InChI is InChI=1S/C44H50O14S3/c1-41(2,3)23-13-15-27(37(45)46)29(17-23)59(53,54)31-19-25(43(7,8)9)21-33(35(31)39(49)50)61(57,58)34-22-26(44(10,11)12)20-32(36(34)40(51)52)60(55,56)30-18-24(42(4,5)6)14-16-28(30)38(47)48/h13-22H,1-12H3,(H,45,46)(H,47,48)(H,49,50)(H,51,52). The smallest absolute Gasteiger partial charge is 0.338 e. The summed E-state index contributed by atoms with van der Waals surface area (Å²) >= 11 is 0. The zero-order chi connectivity index (χ0) is 47.0. The van der Waals surface area contributed by atoms with Crippen LogP contribution in [0.2, 0.25) is 0 Å². The first-order valence-corrected chi connectivity index (χ1v) is 23.2. The van der Waals surface area contributed by atoms with Crippen LogP contribution in [0, 0.1) is 0 Å². The fourth-order valence-electron chi connectivity index (χ4n) is 6.45. The van der Waals surface area contributed by atoms with Crippen molar-refractivity contribution in [2.24, 2.45) is 0 Å². The van der Waals surface area contributed by atoms with Gasteiger partial charge in [0, 0.05) is 0 Å². The van der Waals surface area contributed by atoms with Crippen LogP contribution >= 0.6 is 0 Å². The van der Waals surface area contributed by atoms with Gasteiger partial charge in [-0.15, -0.1) is 0 Å². The molecule has 4 aromatic carbocycles. The van der Waals surface area contributed by atoms with Gasteiger partial charge in [0.25, 0.3) is 0 Å². The van der Waals surface area contributed by atoms with Crippen LogP contribution in [0.25, 0.3) is 0 Å². The van der Waals surface area contributed by atoms with Crippen LogP contribution in [-0.4, -0.2) is 69.6 Å². The minimum atomic E-state index is -5.62. The number of carboxylic acid groups (broad SMARTS) is 4. The van der Waals surface area contributed by atoms with Gasteiger partial charge in [-0.1, -0.05) is 95.2 Å². The van der Waals surface area contributed by atoms with E-state index in [-0.39, 0.29) is 11.1 Å². The van der Waals surface area contributed by atoms with Crippen molar-refractivity contribution in [3.05, 3.63) is 105 Å². The Labute approximate surface area is 356 Å². The number of carbonyl (C=O) groups is 4. The van der Waals surface area contributed by atoms with E-state index in [4.69, 9.17) is 0 Å². The second-order valence-corrected chi connectivity index (χ2v) is 24.5. The Morgan fingerprint density at radius 3 is 0.754 bits per heavy atom. The summed E-state index contributed by atoms with van der Waals surface area (Å²) in [5, 5.41) is 41.8. The van der Waals surface area contributed by atoms with E-state index in [2.05, 4.69) is 0 Å². The Balaban J connectivity index is 2.32. The number of hydrogen-bond acceptors (Lipinski definition) is 10. The predicted molar refractivity (Wildman–Crippen MR) is 225 cm³/mol. The number of rotatable bonds is 10. The van der Waals surface area contributed by atoms with Crippen molar-refractivity contribution in [3.63, 3.8) is 0 Å². The van der Waals surface area contributed by atoms with E-state index >= 15 is 8.42 Å². The van der Waals surface area contributed by atoms with E-state index in [1.54, 1.807) is 83.1 Å². The first-order valence-electron chi connectivity index (χ1n) is 18.7. The van der Waals surface area contributed by atoms with Crippen LogP contribution in [0.4, 0.5) is 0 Å². The van der Waals surface area contributed by atoms with Crippen LogP contribution in [0.3, 0.4) is 0 Å². The summed E-state index contributed by atoms with van der Waals surface area (Å²) in [6.07, 6.45) is 0. The highest BCUT2D eigenvalue weighted by Crippen LogP contribution is 2.42. The lowest BCUT2D eigenvalue weighted by molar-refractivity contribution is 0.0678. The molecule has 61 heavy (non-hydrogen) atoms. The SMILES string of the molecule is CC(C)(C)c1ccc(C(=O)O)c(S(=O)(=O)c2cc(C(C)(C)C)cc(S(=O)(=O)c3cc(C(C)(C)C)cc(S(=O)(=O)c4cc(C(C)(C)C)ccc4C(=O)O)c3C(=O)O)c2C(=O)O)c1. The van der Waals surface area contributed by atoms with E-state index in [0.29, 0.717) is 11.1 Å². The molecule has 4 N–H and O–H groups in total. The summed E-state index contributed by atoms with van der Waals surface area (Å²) in [7, 11) is -16.2. The second-order valence-electron chi connectivity index (χ2n) is 18.8. The van der Waals surface area contributed by atoms with Gasteiger partial charge in [-0.3, -0.25) is 0 Å². The molecule has 4 aromatic rings. The Morgan fingerprint density at radius 2 is 0.557 bits per heavy atom. The third kappa shape index (κ3) is 9.14. The molecular weight excluding hydrogens is 849 g/mol. The lowest BCUT2D eigenvalue weighted by Crippen LogP contribution is -2.24. The molecule has 0 bridgehead atoms. The topological polar surface area (TPSA) is 252 Å². The zero-order valence-electron chi connectivity index (χ0n) is 35.9. The van der Waals surface area contributed by atoms with Gasteiger partial charge >= 0.3 is 23.9 Å². The predicted octanol–water partition coefficient (Wildman–Crippen LogP) is 8.17. The highest BCUT2D eigenvalue weighted by molar-refractivity contribution is 7.93. The maximum absolute atomic E-state index is 15.3. The molecular formula is C44H50O14S3. The molecule has 0 saturated carbocycles. The minimum Gasteiger partial charge on any atom is -0.478 e. The molecule has 0 fully saturated rings. The summed E-state index contributed by atoms with van der Waals surface area (Å²) in [6.45, 7) is 19.6. The maximum Gasteiger partial charge on any atom is 0.338 e. The summed E-state index contributed by atoms with van der Waals surface area (Å²) in [5.74, 6) is -7.59. The number of carboxylic acids is 4. The van der Waals surface area contributed by atoms with Crippen molar-refractivity contribution in [1.82, 2.24) is 0 Å². The Bertz CT molecular complexity index is 2690. The molecule has 17 heteroatoms. The highest BCUT2D eigenvalue weighted by Gasteiger charge is 2.41. The van der Waals surface area contributed by atoms with Gasteiger partial charge in [0.05, 0.1) is 51.6 Å². The number of hydrogen-bond donors (Lipinski definition) is 4. The lowest BCUT2D eigenvalue weighted by Gasteiger charge is -2.26. The summed E-state index contributed by atoms with van der Waals surface area (Å²) < 4.78 is 89.8. The van der Waals surface area contributed by atoms with Gasteiger partial charge < -0.3 is 20.4 Å². The van der Waals surface area contributed by atoms with E-state index in [1.807, 2.05) is 0 Å². The van der Waals surface area contributed by atoms with E-state index < -0.39 is 127 Å². The quantitative estimate of drug-likeness (QED) is 0.117. The normalized spacial score (nSPS) is 13.2. The average molecular weight is 899 g/mol. The van der Waals surface area contributed by atoms with Gasteiger partial charge in [-0.2, -0.15) is 0 Å². The van der Waals surface area contributed by atoms with Crippen LogP contribution in [0.5, 0.6) is 0 Å². The Morgan fingerprint density at radius 1 is 0.344 bits per heavy atom. The van der Waals surface area contributed by atoms with Gasteiger partial charge in [-0.05, 0) is 92.4 Å². The van der Waals surface area contributed by atoms with Crippen LogP contribution in [-0.2, 0) is 51.2 Å². The van der Waals surface area contributed by atoms with Gasteiger partial charge in [0.15, 0.2) is 0 Å². The van der Waals surface area contributed by atoms with Crippen molar-refractivity contribution in [2.45, 2.75) is 134 Å². The molecule has 0 radical (unpaired) electrons. The van der Waals surface area contributed by atoms with E-state index in [9.17, 15) is 56.4 Å². The highest BCUT2D eigenvalue weighted by atomic mass is 32.2. The number of sulfone groups is 3. The van der Waals surface area contributed by atoms with Crippen LogP contribution in [0.1, 0.15) is 147 Å². The van der Waals surface area contributed by atoms with Gasteiger partial charge in [0.2, 0.25) is 29.5 Å². The minimum absolute atomic E-state index is 0.0831. The molecule has 0 heterocycles. The molecule has 0 saturated heterocycles. The molecule has 0 atom stereocenters. The lowest BCUT2D eigenvalue weighted by atomic mass is 9.86.